The molecule has 0 bridgehead atoms. The van der Waals surface area contributed by atoms with E-state index in [0.29, 0.717) is 0 Å². The summed E-state index contributed by atoms with van der Waals surface area (Å²) in [6, 6.07) is 6.40. The highest BCUT2D eigenvalue weighted by atomic mass is 32.2. The lowest BCUT2D eigenvalue weighted by molar-refractivity contribution is 0.272. The van der Waals surface area contributed by atoms with Gasteiger partial charge in [-0.3, -0.25) is 0 Å². The molecule has 0 aromatic heterocycles. The van der Waals surface area contributed by atoms with Gasteiger partial charge in [-0.15, -0.1) is 11.8 Å². The minimum absolute atomic E-state index is 0.222. The summed E-state index contributed by atoms with van der Waals surface area (Å²) in [6.07, 6.45) is 2.07. The summed E-state index contributed by atoms with van der Waals surface area (Å²) >= 11 is 1.75. The Bertz CT molecular complexity index is 283. The molecular formula is C11H16OS. The smallest absolute Gasteiger partial charge is 0.0497 e. The maximum atomic E-state index is 9.03. The van der Waals surface area contributed by atoms with Crippen LogP contribution in [0.1, 0.15) is 24.0 Å². The molecule has 0 aliphatic heterocycles. The normalized spacial score (nSPS) is 12.9. The molecule has 1 N–H and O–H groups in total. The van der Waals surface area contributed by atoms with Crippen LogP contribution in [-0.4, -0.2) is 18.0 Å². The van der Waals surface area contributed by atoms with Crippen molar-refractivity contribution < 1.29 is 5.11 Å². The van der Waals surface area contributed by atoms with Crippen molar-refractivity contribution in [2.75, 3.05) is 12.9 Å². The average molecular weight is 196 g/mol. The first-order valence-corrected chi connectivity index (χ1v) is 5.67. The molecular weight excluding hydrogens is 180 g/mol. The van der Waals surface area contributed by atoms with Crippen molar-refractivity contribution in [1.82, 2.24) is 0 Å². The number of rotatable bonds is 3. The third kappa shape index (κ3) is 2.48. The number of thioether (sulfide) groups is 1. The van der Waals surface area contributed by atoms with E-state index in [9.17, 15) is 0 Å². The van der Waals surface area contributed by atoms with E-state index in [4.69, 9.17) is 5.11 Å². The largest absolute Gasteiger partial charge is 0.396 e. The lowest BCUT2D eigenvalue weighted by Crippen LogP contribution is -2.01. The second-order valence-electron chi connectivity index (χ2n) is 3.31. The molecule has 0 saturated carbocycles. The predicted molar refractivity (Wildman–Crippen MR) is 58.5 cm³/mol. The van der Waals surface area contributed by atoms with E-state index in [1.807, 2.05) is 6.92 Å². The first-order chi connectivity index (χ1) is 6.19. The maximum Gasteiger partial charge on any atom is 0.0497 e. The van der Waals surface area contributed by atoms with E-state index >= 15 is 0 Å². The maximum absolute atomic E-state index is 9.03. The van der Waals surface area contributed by atoms with E-state index in [0.717, 1.165) is 0 Å². The van der Waals surface area contributed by atoms with Crippen molar-refractivity contribution in [3.8, 4) is 0 Å². The average Bonchev–Trinajstić information content (AvgIpc) is 2.16. The summed E-state index contributed by atoms with van der Waals surface area (Å²) in [6.45, 7) is 4.36. The Balaban J connectivity index is 2.98. The molecule has 0 aliphatic carbocycles. The molecule has 1 nitrogen and oxygen atoms in total. The zero-order chi connectivity index (χ0) is 9.84. The third-order valence-corrected chi connectivity index (χ3v) is 3.01. The van der Waals surface area contributed by atoms with E-state index in [1.165, 1.54) is 16.0 Å². The second kappa shape index (κ2) is 4.68. The van der Waals surface area contributed by atoms with Gasteiger partial charge in [-0.25, -0.2) is 0 Å². The SMILES string of the molecule is CSc1ccc(C(C)CO)c(C)c1. The molecule has 1 aromatic rings. The lowest BCUT2D eigenvalue weighted by Gasteiger charge is -2.12. The van der Waals surface area contributed by atoms with Crippen LogP contribution in [0.25, 0.3) is 0 Å². The molecule has 1 rings (SSSR count). The van der Waals surface area contributed by atoms with Gasteiger partial charge < -0.3 is 5.11 Å². The Morgan fingerprint density at radius 2 is 2.15 bits per heavy atom. The minimum Gasteiger partial charge on any atom is -0.396 e. The predicted octanol–water partition coefficient (Wildman–Crippen LogP) is 2.81. The Hall–Kier alpha value is -0.470. The van der Waals surface area contributed by atoms with Crippen LogP contribution in [0.15, 0.2) is 23.1 Å². The van der Waals surface area contributed by atoms with E-state index in [-0.39, 0.29) is 12.5 Å². The topological polar surface area (TPSA) is 20.2 Å². The fourth-order valence-corrected chi connectivity index (χ4v) is 1.93. The minimum atomic E-state index is 0.222. The molecule has 0 radical (unpaired) electrons. The number of hydrogen-bond acceptors (Lipinski definition) is 2. The second-order valence-corrected chi connectivity index (χ2v) is 4.19. The highest BCUT2D eigenvalue weighted by Crippen LogP contribution is 2.23. The van der Waals surface area contributed by atoms with Crippen LogP contribution >= 0.6 is 11.8 Å². The fraction of sp³-hybridized carbons (Fsp3) is 0.455. The monoisotopic (exact) mass is 196 g/mol. The molecule has 0 amide bonds. The Kier molecular flexibility index (Phi) is 3.82. The van der Waals surface area contributed by atoms with Gasteiger partial charge in [0.05, 0.1) is 0 Å². The highest BCUT2D eigenvalue weighted by molar-refractivity contribution is 7.98. The molecule has 72 valence electrons. The van der Waals surface area contributed by atoms with Crippen molar-refractivity contribution in [3.63, 3.8) is 0 Å². The van der Waals surface area contributed by atoms with Crippen LogP contribution in [-0.2, 0) is 0 Å². The number of hydrogen-bond donors (Lipinski definition) is 1. The van der Waals surface area contributed by atoms with E-state index in [1.54, 1.807) is 11.8 Å². The molecule has 0 aliphatic rings. The van der Waals surface area contributed by atoms with Crippen molar-refractivity contribution >= 4 is 11.8 Å². The summed E-state index contributed by atoms with van der Waals surface area (Å²) < 4.78 is 0. The van der Waals surface area contributed by atoms with Crippen molar-refractivity contribution in [2.45, 2.75) is 24.7 Å². The fourth-order valence-electron chi connectivity index (χ4n) is 1.43. The molecule has 0 saturated heterocycles. The van der Waals surface area contributed by atoms with Crippen LogP contribution in [0.2, 0.25) is 0 Å². The third-order valence-electron chi connectivity index (χ3n) is 2.28. The van der Waals surface area contributed by atoms with Crippen LogP contribution in [0, 0.1) is 6.92 Å². The molecule has 1 aromatic carbocycles. The van der Waals surface area contributed by atoms with Crippen LogP contribution in [0.5, 0.6) is 0 Å². The van der Waals surface area contributed by atoms with E-state index < -0.39 is 0 Å². The van der Waals surface area contributed by atoms with Gasteiger partial charge >= 0.3 is 0 Å². The summed E-state index contributed by atoms with van der Waals surface area (Å²) in [5, 5.41) is 9.03. The van der Waals surface area contributed by atoms with Crippen LogP contribution in [0.3, 0.4) is 0 Å². The Morgan fingerprint density at radius 3 is 2.62 bits per heavy atom. The summed E-state index contributed by atoms with van der Waals surface area (Å²) in [4.78, 5) is 1.28. The van der Waals surface area contributed by atoms with Crippen LogP contribution < -0.4 is 0 Å². The zero-order valence-corrected chi connectivity index (χ0v) is 9.19. The van der Waals surface area contributed by atoms with Gasteiger partial charge in [-0.1, -0.05) is 13.0 Å². The standard InChI is InChI=1S/C11H16OS/c1-8-6-10(13-3)4-5-11(8)9(2)7-12/h4-6,9,12H,7H2,1-3H3. The molecule has 13 heavy (non-hydrogen) atoms. The van der Waals surface area contributed by atoms with Crippen molar-refractivity contribution in [2.24, 2.45) is 0 Å². The van der Waals surface area contributed by atoms with Crippen LogP contribution in [0.4, 0.5) is 0 Å². The molecule has 0 fully saturated rings. The Labute approximate surface area is 84.2 Å². The highest BCUT2D eigenvalue weighted by Gasteiger charge is 2.06. The number of aryl methyl sites for hydroxylation is 1. The molecule has 0 heterocycles. The molecule has 2 heteroatoms. The van der Waals surface area contributed by atoms with Gasteiger partial charge in [0.25, 0.3) is 0 Å². The van der Waals surface area contributed by atoms with Gasteiger partial charge in [-0.2, -0.15) is 0 Å². The molecule has 1 atom stereocenters. The molecule has 1 unspecified atom stereocenters. The summed E-state index contributed by atoms with van der Waals surface area (Å²) in [5.74, 6) is 0.246. The van der Waals surface area contributed by atoms with Crippen molar-refractivity contribution in [1.29, 1.82) is 0 Å². The van der Waals surface area contributed by atoms with Gasteiger partial charge in [0.15, 0.2) is 0 Å². The van der Waals surface area contributed by atoms with Gasteiger partial charge in [0.1, 0.15) is 0 Å². The first-order valence-electron chi connectivity index (χ1n) is 4.44. The number of aliphatic hydroxyl groups excluding tert-OH is 1. The number of aliphatic hydroxyl groups is 1. The summed E-state index contributed by atoms with van der Waals surface area (Å²) in [5.41, 5.74) is 2.52. The number of benzene rings is 1. The summed E-state index contributed by atoms with van der Waals surface area (Å²) in [7, 11) is 0. The lowest BCUT2D eigenvalue weighted by atomic mass is 9.97. The van der Waals surface area contributed by atoms with Gasteiger partial charge in [-0.05, 0) is 36.4 Å². The zero-order valence-electron chi connectivity index (χ0n) is 8.37. The van der Waals surface area contributed by atoms with Crippen molar-refractivity contribution in [3.05, 3.63) is 29.3 Å². The quantitative estimate of drug-likeness (QED) is 0.750. The molecule has 0 spiro atoms. The first kappa shape index (κ1) is 10.6. The van der Waals surface area contributed by atoms with Gasteiger partial charge in [0, 0.05) is 17.4 Å². The Morgan fingerprint density at radius 1 is 1.46 bits per heavy atom. The van der Waals surface area contributed by atoms with Gasteiger partial charge in [0.2, 0.25) is 0 Å². The van der Waals surface area contributed by atoms with E-state index in [2.05, 4.69) is 31.4 Å².